The van der Waals surface area contributed by atoms with Gasteiger partial charge in [-0.05, 0) is 18.2 Å². The summed E-state index contributed by atoms with van der Waals surface area (Å²) in [5.41, 5.74) is 1.19. The third-order valence-corrected chi connectivity index (χ3v) is 3.28. The van der Waals surface area contributed by atoms with Gasteiger partial charge in [0, 0.05) is 37.4 Å². The molecule has 0 unspecified atom stereocenters. The lowest BCUT2D eigenvalue weighted by Gasteiger charge is -2.20. The maximum Gasteiger partial charge on any atom is 0.135 e. The molecule has 0 bridgehead atoms. The topological polar surface area (TPSA) is 41.0 Å². The SMILES string of the molecule is CN(CCNc1ccnc(C(C)(C)C)n1)c1ccccc1. The molecule has 0 saturated carbocycles. The van der Waals surface area contributed by atoms with Gasteiger partial charge in [-0.3, -0.25) is 0 Å². The fourth-order valence-corrected chi connectivity index (χ4v) is 1.98. The molecule has 0 spiro atoms. The van der Waals surface area contributed by atoms with Crippen LogP contribution in [0.5, 0.6) is 0 Å². The Bertz CT molecular complexity index is 561. The van der Waals surface area contributed by atoms with Gasteiger partial charge in [0.05, 0.1) is 0 Å². The predicted octanol–water partition coefficient (Wildman–Crippen LogP) is 3.32. The number of hydrogen-bond acceptors (Lipinski definition) is 4. The van der Waals surface area contributed by atoms with Crippen LogP contribution in [0, 0.1) is 0 Å². The Morgan fingerprint density at radius 1 is 1.10 bits per heavy atom. The molecule has 0 atom stereocenters. The van der Waals surface area contributed by atoms with E-state index in [1.165, 1.54) is 5.69 Å². The van der Waals surface area contributed by atoms with Crippen molar-refractivity contribution in [3.05, 3.63) is 48.4 Å². The van der Waals surface area contributed by atoms with Crippen LogP contribution in [-0.4, -0.2) is 30.1 Å². The molecular formula is C17H24N4. The van der Waals surface area contributed by atoms with E-state index in [0.717, 1.165) is 24.7 Å². The molecule has 4 nitrogen and oxygen atoms in total. The minimum absolute atomic E-state index is 0.0292. The van der Waals surface area contributed by atoms with E-state index in [1.807, 2.05) is 18.3 Å². The Balaban J connectivity index is 1.89. The van der Waals surface area contributed by atoms with E-state index in [9.17, 15) is 0 Å². The van der Waals surface area contributed by atoms with Crippen molar-refractivity contribution in [2.45, 2.75) is 26.2 Å². The minimum Gasteiger partial charge on any atom is -0.373 e. The van der Waals surface area contributed by atoms with Crippen molar-refractivity contribution in [1.29, 1.82) is 0 Å². The fraction of sp³-hybridized carbons (Fsp3) is 0.412. The smallest absolute Gasteiger partial charge is 0.135 e. The lowest BCUT2D eigenvalue weighted by molar-refractivity contribution is 0.546. The first kappa shape index (κ1) is 15.3. The fourth-order valence-electron chi connectivity index (χ4n) is 1.98. The highest BCUT2D eigenvalue weighted by Crippen LogP contribution is 2.18. The molecular weight excluding hydrogens is 260 g/mol. The number of likely N-dealkylation sites (N-methyl/N-ethyl adjacent to an activating group) is 1. The molecule has 0 fully saturated rings. The van der Waals surface area contributed by atoms with E-state index in [0.29, 0.717) is 0 Å². The van der Waals surface area contributed by atoms with Crippen LogP contribution in [0.4, 0.5) is 11.5 Å². The highest BCUT2D eigenvalue weighted by atomic mass is 15.1. The molecule has 0 aliphatic heterocycles. The van der Waals surface area contributed by atoms with Gasteiger partial charge in [-0.25, -0.2) is 9.97 Å². The summed E-state index contributed by atoms with van der Waals surface area (Å²) < 4.78 is 0. The van der Waals surface area contributed by atoms with Crippen LogP contribution < -0.4 is 10.2 Å². The van der Waals surface area contributed by atoms with Crippen LogP contribution in [-0.2, 0) is 5.41 Å². The molecule has 0 amide bonds. The first-order chi connectivity index (χ1) is 9.97. The van der Waals surface area contributed by atoms with Crippen LogP contribution in [0.25, 0.3) is 0 Å². The molecule has 0 aliphatic rings. The van der Waals surface area contributed by atoms with E-state index in [-0.39, 0.29) is 5.41 Å². The molecule has 1 aromatic heterocycles. The van der Waals surface area contributed by atoms with Gasteiger partial charge in [0.25, 0.3) is 0 Å². The predicted molar refractivity (Wildman–Crippen MR) is 88.9 cm³/mol. The summed E-state index contributed by atoms with van der Waals surface area (Å²) in [5.74, 6) is 1.75. The molecule has 112 valence electrons. The summed E-state index contributed by atoms with van der Waals surface area (Å²) >= 11 is 0. The molecule has 2 rings (SSSR count). The Labute approximate surface area is 127 Å². The van der Waals surface area contributed by atoms with Crippen molar-refractivity contribution in [2.24, 2.45) is 0 Å². The molecule has 1 heterocycles. The second-order valence-corrected chi connectivity index (χ2v) is 6.20. The largest absolute Gasteiger partial charge is 0.373 e. The zero-order valence-corrected chi connectivity index (χ0v) is 13.3. The number of nitrogens with one attached hydrogen (secondary N) is 1. The third-order valence-electron chi connectivity index (χ3n) is 3.28. The van der Waals surface area contributed by atoms with E-state index in [1.54, 1.807) is 0 Å². The van der Waals surface area contributed by atoms with Crippen molar-refractivity contribution in [2.75, 3.05) is 30.4 Å². The molecule has 0 aliphatic carbocycles. The van der Waals surface area contributed by atoms with Crippen molar-refractivity contribution in [1.82, 2.24) is 9.97 Å². The van der Waals surface area contributed by atoms with Crippen LogP contribution >= 0.6 is 0 Å². The lowest BCUT2D eigenvalue weighted by atomic mass is 9.96. The number of nitrogens with zero attached hydrogens (tertiary/aromatic N) is 3. The zero-order valence-electron chi connectivity index (χ0n) is 13.3. The molecule has 2 aromatic rings. The molecule has 4 heteroatoms. The summed E-state index contributed by atoms with van der Waals surface area (Å²) in [6, 6.07) is 12.3. The van der Waals surface area contributed by atoms with E-state index >= 15 is 0 Å². The monoisotopic (exact) mass is 284 g/mol. The summed E-state index contributed by atoms with van der Waals surface area (Å²) in [6.07, 6.45) is 1.82. The number of para-hydroxylation sites is 1. The third kappa shape index (κ3) is 4.45. The van der Waals surface area contributed by atoms with Crippen molar-refractivity contribution < 1.29 is 0 Å². The maximum atomic E-state index is 4.57. The molecule has 21 heavy (non-hydrogen) atoms. The molecule has 0 radical (unpaired) electrons. The van der Waals surface area contributed by atoms with Crippen molar-refractivity contribution in [3.63, 3.8) is 0 Å². The Hall–Kier alpha value is -2.10. The van der Waals surface area contributed by atoms with Crippen LogP contribution in [0.1, 0.15) is 26.6 Å². The Morgan fingerprint density at radius 2 is 1.81 bits per heavy atom. The summed E-state index contributed by atoms with van der Waals surface area (Å²) in [5, 5.41) is 3.37. The van der Waals surface area contributed by atoms with Crippen LogP contribution in [0.2, 0.25) is 0 Å². The highest BCUT2D eigenvalue weighted by Gasteiger charge is 2.17. The minimum atomic E-state index is -0.0292. The number of rotatable bonds is 5. The number of anilines is 2. The van der Waals surface area contributed by atoms with Crippen LogP contribution in [0.15, 0.2) is 42.6 Å². The van der Waals surface area contributed by atoms with Gasteiger partial charge in [-0.1, -0.05) is 39.0 Å². The average Bonchev–Trinajstić information content (AvgIpc) is 2.47. The van der Waals surface area contributed by atoms with Gasteiger partial charge in [0.2, 0.25) is 0 Å². The van der Waals surface area contributed by atoms with Gasteiger partial charge in [-0.2, -0.15) is 0 Å². The number of benzene rings is 1. The number of hydrogen-bond donors (Lipinski definition) is 1. The lowest BCUT2D eigenvalue weighted by Crippen LogP contribution is -2.25. The van der Waals surface area contributed by atoms with Gasteiger partial charge < -0.3 is 10.2 Å². The second kappa shape index (κ2) is 6.57. The Kier molecular flexibility index (Phi) is 4.78. The van der Waals surface area contributed by atoms with Crippen molar-refractivity contribution in [3.8, 4) is 0 Å². The zero-order chi connectivity index (χ0) is 15.3. The van der Waals surface area contributed by atoms with Crippen LogP contribution in [0.3, 0.4) is 0 Å². The molecule has 1 aromatic carbocycles. The maximum absolute atomic E-state index is 4.57. The average molecular weight is 284 g/mol. The summed E-state index contributed by atoms with van der Waals surface area (Å²) in [4.78, 5) is 11.1. The number of aromatic nitrogens is 2. The standard InChI is InChI=1S/C17H24N4/c1-17(2,3)16-19-11-10-15(20-16)18-12-13-21(4)14-8-6-5-7-9-14/h5-11H,12-13H2,1-4H3,(H,18,19,20). The molecule has 0 saturated heterocycles. The van der Waals surface area contributed by atoms with E-state index in [4.69, 9.17) is 0 Å². The van der Waals surface area contributed by atoms with Gasteiger partial charge in [0.15, 0.2) is 0 Å². The Morgan fingerprint density at radius 3 is 2.48 bits per heavy atom. The molecule has 1 N–H and O–H groups in total. The first-order valence-corrected chi connectivity index (χ1v) is 7.30. The first-order valence-electron chi connectivity index (χ1n) is 7.30. The normalized spacial score (nSPS) is 11.2. The van der Waals surface area contributed by atoms with Gasteiger partial charge >= 0.3 is 0 Å². The summed E-state index contributed by atoms with van der Waals surface area (Å²) in [6.45, 7) is 8.12. The summed E-state index contributed by atoms with van der Waals surface area (Å²) in [7, 11) is 2.09. The highest BCUT2D eigenvalue weighted by molar-refractivity contribution is 5.45. The quantitative estimate of drug-likeness (QED) is 0.914. The van der Waals surface area contributed by atoms with E-state index < -0.39 is 0 Å². The van der Waals surface area contributed by atoms with Gasteiger partial charge in [-0.15, -0.1) is 0 Å². The van der Waals surface area contributed by atoms with Gasteiger partial charge in [0.1, 0.15) is 11.6 Å². The second-order valence-electron chi connectivity index (χ2n) is 6.20. The van der Waals surface area contributed by atoms with Crippen molar-refractivity contribution >= 4 is 11.5 Å². The van der Waals surface area contributed by atoms with E-state index in [2.05, 4.69) is 72.3 Å².